The lowest BCUT2D eigenvalue weighted by molar-refractivity contribution is 1.000. The standard InChI is InChI=1S/C13H14Cl2N4/c1-16-13-18-8-11(15)12(19-13)17-7-6-9-2-4-10(14)5-3-9/h2-5,8H,6-7H2,1H3,(H2,16,17,18,19). The quantitative estimate of drug-likeness (QED) is 0.887. The molecule has 100 valence electrons. The number of halogens is 2. The van der Waals surface area contributed by atoms with Gasteiger partial charge in [0, 0.05) is 18.6 Å². The largest absolute Gasteiger partial charge is 0.368 e. The highest BCUT2D eigenvalue weighted by atomic mass is 35.5. The van der Waals surface area contributed by atoms with E-state index < -0.39 is 0 Å². The van der Waals surface area contributed by atoms with Crippen LogP contribution < -0.4 is 10.6 Å². The summed E-state index contributed by atoms with van der Waals surface area (Å²) in [6.07, 6.45) is 2.44. The first-order valence-electron chi connectivity index (χ1n) is 5.87. The van der Waals surface area contributed by atoms with E-state index in [1.54, 1.807) is 13.2 Å². The fraction of sp³-hybridized carbons (Fsp3) is 0.231. The molecule has 2 N–H and O–H groups in total. The molecule has 0 unspecified atom stereocenters. The van der Waals surface area contributed by atoms with Crippen molar-refractivity contribution >= 4 is 35.0 Å². The summed E-state index contributed by atoms with van der Waals surface area (Å²) < 4.78 is 0. The fourth-order valence-electron chi connectivity index (χ4n) is 1.59. The Morgan fingerprint density at radius 1 is 1.16 bits per heavy atom. The van der Waals surface area contributed by atoms with E-state index in [2.05, 4.69) is 20.6 Å². The van der Waals surface area contributed by atoms with Crippen LogP contribution in [0.15, 0.2) is 30.5 Å². The summed E-state index contributed by atoms with van der Waals surface area (Å²) in [6.45, 7) is 0.738. The fourth-order valence-corrected chi connectivity index (χ4v) is 1.87. The molecule has 0 aliphatic rings. The van der Waals surface area contributed by atoms with E-state index in [1.165, 1.54) is 5.56 Å². The van der Waals surface area contributed by atoms with Gasteiger partial charge >= 0.3 is 0 Å². The van der Waals surface area contributed by atoms with Crippen molar-refractivity contribution in [3.8, 4) is 0 Å². The normalized spacial score (nSPS) is 10.3. The monoisotopic (exact) mass is 296 g/mol. The summed E-state index contributed by atoms with van der Waals surface area (Å²) in [5.41, 5.74) is 1.20. The predicted molar refractivity (Wildman–Crippen MR) is 80.2 cm³/mol. The van der Waals surface area contributed by atoms with Crippen LogP contribution in [0.1, 0.15) is 5.56 Å². The second-order valence-electron chi connectivity index (χ2n) is 3.94. The van der Waals surface area contributed by atoms with E-state index in [-0.39, 0.29) is 0 Å². The van der Waals surface area contributed by atoms with E-state index in [9.17, 15) is 0 Å². The highest BCUT2D eigenvalue weighted by Crippen LogP contribution is 2.19. The Bertz CT molecular complexity index is 543. The Labute approximate surface area is 122 Å². The molecule has 0 saturated carbocycles. The van der Waals surface area contributed by atoms with Gasteiger partial charge in [0.2, 0.25) is 5.95 Å². The van der Waals surface area contributed by atoms with Crippen molar-refractivity contribution in [3.63, 3.8) is 0 Å². The van der Waals surface area contributed by atoms with Crippen molar-refractivity contribution in [2.24, 2.45) is 0 Å². The molecular formula is C13H14Cl2N4. The molecule has 2 aromatic rings. The van der Waals surface area contributed by atoms with Crippen molar-refractivity contribution < 1.29 is 0 Å². The maximum Gasteiger partial charge on any atom is 0.224 e. The summed E-state index contributed by atoms with van der Waals surface area (Å²) in [4.78, 5) is 8.27. The minimum Gasteiger partial charge on any atom is -0.368 e. The highest BCUT2D eigenvalue weighted by molar-refractivity contribution is 6.32. The number of hydrogen-bond acceptors (Lipinski definition) is 4. The van der Waals surface area contributed by atoms with Crippen molar-refractivity contribution in [2.45, 2.75) is 6.42 Å². The van der Waals surface area contributed by atoms with E-state index in [0.717, 1.165) is 18.0 Å². The summed E-state index contributed by atoms with van der Waals surface area (Å²) in [7, 11) is 1.76. The van der Waals surface area contributed by atoms with Crippen molar-refractivity contribution in [3.05, 3.63) is 46.1 Å². The van der Waals surface area contributed by atoms with Crippen LogP contribution in [0.2, 0.25) is 10.0 Å². The summed E-state index contributed by atoms with van der Waals surface area (Å²) in [5, 5.41) is 7.32. The van der Waals surface area contributed by atoms with Gasteiger partial charge in [-0.3, -0.25) is 0 Å². The maximum absolute atomic E-state index is 6.02. The second kappa shape index (κ2) is 6.59. The van der Waals surface area contributed by atoms with E-state index in [4.69, 9.17) is 23.2 Å². The summed E-state index contributed by atoms with van der Waals surface area (Å²) in [5.74, 6) is 1.17. The van der Waals surface area contributed by atoms with Gasteiger partial charge in [0.25, 0.3) is 0 Å². The molecule has 0 atom stereocenters. The zero-order valence-corrected chi connectivity index (χ0v) is 12.0. The molecular weight excluding hydrogens is 283 g/mol. The van der Waals surface area contributed by atoms with E-state index >= 15 is 0 Å². The average molecular weight is 297 g/mol. The van der Waals surface area contributed by atoms with E-state index in [1.807, 2.05) is 24.3 Å². The molecule has 6 heteroatoms. The van der Waals surface area contributed by atoms with Crippen LogP contribution in [-0.2, 0) is 6.42 Å². The number of hydrogen-bond donors (Lipinski definition) is 2. The molecule has 0 spiro atoms. The van der Waals surface area contributed by atoms with Crippen LogP contribution in [0.25, 0.3) is 0 Å². The second-order valence-corrected chi connectivity index (χ2v) is 4.79. The van der Waals surface area contributed by atoms with Crippen molar-refractivity contribution in [2.75, 3.05) is 24.2 Å². The van der Waals surface area contributed by atoms with Gasteiger partial charge < -0.3 is 10.6 Å². The Morgan fingerprint density at radius 2 is 1.89 bits per heavy atom. The number of rotatable bonds is 5. The van der Waals surface area contributed by atoms with Crippen LogP contribution in [0.5, 0.6) is 0 Å². The van der Waals surface area contributed by atoms with Gasteiger partial charge in [-0.2, -0.15) is 4.98 Å². The molecule has 0 radical (unpaired) electrons. The third-order valence-corrected chi connectivity index (χ3v) is 3.12. The van der Waals surface area contributed by atoms with Gasteiger partial charge in [-0.05, 0) is 24.1 Å². The van der Waals surface area contributed by atoms with Gasteiger partial charge in [-0.15, -0.1) is 0 Å². The number of nitrogens with zero attached hydrogens (tertiary/aromatic N) is 2. The lowest BCUT2D eigenvalue weighted by atomic mass is 10.1. The van der Waals surface area contributed by atoms with Crippen molar-refractivity contribution in [1.29, 1.82) is 0 Å². The van der Waals surface area contributed by atoms with Crippen LogP contribution in [0, 0.1) is 0 Å². The molecule has 2 rings (SSSR count). The smallest absolute Gasteiger partial charge is 0.224 e. The molecule has 1 heterocycles. The molecule has 1 aromatic carbocycles. The molecule has 0 bridgehead atoms. The van der Waals surface area contributed by atoms with Crippen LogP contribution in [0.4, 0.5) is 11.8 Å². The van der Waals surface area contributed by atoms with Gasteiger partial charge in [0.05, 0.1) is 6.20 Å². The van der Waals surface area contributed by atoms with Gasteiger partial charge in [-0.1, -0.05) is 35.3 Å². The first-order valence-corrected chi connectivity index (χ1v) is 6.63. The topological polar surface area (TPSA) is 49.8 Å². The third-order valence-electron chi connectivity index (χ3n) is 2.59. The Morgan fingerprint density at radius 3 is 2.58 bits per heavy atom. The van der Waals surface area contributed by atoms with Crippen molar-refractivity contribution in [1.82, 2.24) is 9.97 Å². The lowest BCUT2D eigenvalue weighted by Crippen LogP contribution is -2.08. The predicted octanol–water partition coefficient (Wildman–Crippen LogP) is 3.48. The third kappa shape index (κ3) is 3.98. The molecule has 0 aliphatic carbocycles. The Kier molecular flexibility index (Phi) is 4.82. The average Bonchev–Trinajstić information content (AvgIpc) is 2.43. The Hall–Kier alpha value is -1.52. The van der Waals surface area contributed by atoms with Gasteiger partial charge in [-0.25, -0.2) is 4.98 Å². The summed E-state index contributed by atoms with van der Waals surface area (Å²) >= 11 is 11.9. The van der Waals surface area contributed by atoms with Gasteiger partial charge in [0.1, 0.15) is 10.8 Å². The molecule has 0 aliphatic heterocycles. The zero-order chi connectivity index (χ0) is 13.7. The number of benzene rings is 1. The molecule has 0 amide bonds. The number of anilines is 2. The number of aromatic nitrogens is 2. The SMILES string of the molecule is CNc1ncc(Cl)c(NCCc2ccc(Cl)cc2)n1. The minimum absolute atomic E-state index is 0.509. The first kappa shape index (κ1) is 13.9. The highest BCUT2D eigenvalue weighted by Gasteiger charge is 2.03. The molecule has 0 fully saturated rings. The van der Waals surface area contributed by atoms with E-state index in [0.29, 0.717) is 16.8 Å². The zero-order valence-electron chi connectivity index (χ0n) is 10.5. The molecule has 0 saturated heterocycles. The molecule has 19 heavy (non-hydrogen) atoms. The molecule has 4 nitrogen and oxygen atoms in total. The minimum atomic E-state index is 0.509. The van der Waals surface area contributed by atoms with Crippen LogP contribution >= 0.6 is 23.2 Å². The van der Waals surface area contributed by atoms with Crippen LogP contribution in [-0.4, -0.2) is 23.6 Å². The van der Waals surface area contributed by atoms with Crippen LogP contribution in [0.3, 0.4) is 0 Å². The lowest BCUT2D eigenvalue weighted by Gasteiger charge is -2.08. The number of nitrogens with one attached hydrogen (secondary N) is 2. The summed E-state index contributed by atoms with van der Waals surface area (Å²) in [6, 6.07) is 7.77. The first-order chi connectivity index (χ1) is 9.19. The maximum atomic E-state index is 6.02. The Balaban J connectivity index is 1.93. The molecule has 1 aromatic heterocycles. The van der Waals surface area contributed by atoms with Gasteiger partial charge in [0.15, 0.2) is 0 Å².